The van der Waals surface area contributed by atoms with Gasteiger partial charge in [-0.25, -0.2) is 10.1 Å². The van der Waals surface area contributed by atoms with Crippen LogP contribution in [0.25, 0.3) is 0 Å². The summed E-state index contributed by atoms with van der Waals surface area (Å²) in [6.07, 6.45) is 9.08. The van der Waals surface area contributed by atoms with E-state index >= 15 is 0 Å². The van der Waals surface area contributed by atoms with E-state index in [1.165, 1.54) is 38.5 Å². The molecule has 3 heterocycles. The van der Waals surface area contributed by atoms with Crippen LogP contribution >= 0.6 is 0 Å². The number of hydrogen-bond donors (Lipinski definition) is 0. The summed E-state index contributed by atoms with van der Waals surface area (Å²) in [6, 6.07) is 0.365. The quantitative estimate of drug-likeness (QED) is 0.439. The monoisotopic (exact) mass is 209 g/mol. The normalized spacial score (nSPS) is 34.5. The van der Waals surface area contributed by atoms with Gasteiger partial charge in [0.25, 0.3) is 6.04 Å². The largest absolute Gasteiger partial charge is 0.425 e. The first-order valence-electron chi connectivity index (χ1n) is 6.33. The Morgan fingerprint density at radius 3 is 2.27 bits per heavy atom. The van der Waals surface area contributed by atoms with Gasteiger partial charge in [-0.1, -0.05) is 17.7 Å². The molecule has 0 aromatic rings. The second-order valence-corrected chi connectivity index (χ2v) is 4.63. The maximum atomic E-state index is 10.6. The average Bonchev–Trinajstić information content (AvgIpc) is 3.01. The SMILES string of the molecule is C1CCC[N]CC1.O=C1C2CCCC[N+]12. The topological polar surface area (TPSA) is 37.1 Å². The predicted molar refractivity (Wildman–Crippen MR) is 60.0 cm³/mol. The fraction of sp³-hybridized carbons (Fsp3) is 0.917. The summed E-state index contributed by atoms with van der Waals surface area (Å²) in [5, 5.41) is 4.27. The summed E-state index contributed by atoms with van der Waals surface area (Å²) in [5.74, 6) is 0.391. The van der Waals surface area contributed by atoms with Gasteiger partial charge in [-0.2, -0.15) is 0 Å². The molecule has 0 aromatic heterocycles. The molecule has 3 nitrogen and oxygen atoms in total. The van der Waals surface area contributed by atoms with Crippen molar-refractivity contribution in [3.05, 3.63) is 0 Å². The third-order valence-electron chi connectivity index (χ3n) is 3.39. The first-order chi connectivity index (χ1) is 7.39. The van der Waals surface area contributed by atoms with Crippen molar-refractivity contribution in [2.24, 2.45) is 0 Å². The van der Waals surface area contributed by atoms with E-state index in [-0.39, 0.29) is 0 Å². The number of piperidine rings is 1. The molecule has 3 aliphatic rings. The zero-order valence-electron chi connectivity index (χ0n) is 9.45. The minimum absolute atomic E-state index is 0.365. The van der Waals surface area contributed by atoms with Crippen molar-refractivity contribution in [1.29, 1.82) is 0 Å². The second-order valence-electron chi connectivity index (χ2n) is 4.63. The summed E-state index contributed by atoms with van der Waals surface area (Å²) in [4.78, 5) is 12.6. The van der Waals surface area contributed by atoms with Gasteiger partial charge in [-0.05, 0) is 19.3 Å². The lowest BCUT2D eigenvalue weighted by atomic mass is 10.1. The maximum absolute atomic E-state index is 10.6. The number of rotatable bonds is 0. The van der Waals surface area contributed by atoms with Crippen LogP contribution < -0.4 is 10.2 Å². The van der Waals surface area contributed by atoms with Crippen LogP contribution in [0.3, 0.4) is 0 Å². The summed E-state index contributed by atoms with van der Waals surface area (Å²) in [7, 11) is 0. The van der Waals surface area contributed by atoms with E-state index in [0.717, 1.165) is 26.1 Å². The molecule has 0 saturated carbocycles. The van der Waals surface area contributed by atoms with Crippen molar-refractivity contribution in [2.75, 3.05) is 19.6 Å². The van der Waals surface area contributed by atoms with E-state index in [0.29, 0.717) is 11.9 Å². The highest BCUT2D eigenvalue weighted by molar-refractivity contribution is 6.00. The molecule has 3 fully saturated rings. The number of carbonyl (C=O) groups is 1. The van der Waals surface area contributed by atoms with Crippen LogP contribution in [0.5, 0.6) is 0 Å². The van der Waals surface area contributed by atoms with Crippen molar-refractivity contribution in [1.82, 2.24) is 10.2 Å². The third kappa shape index (κ3) is 3.28. The fourth-order valence-corrected chi connectivity index (χ4v) is 2.34. The Morgan fingerprint density at radius 1 is 1.00 bits per heavy atom. The molecule has 0 aromatic carbocycles. The van der Waals surface area contributed by atoms with Gasteiger partial charge in [0.1, 0.15) is 6.54 Å². The lowest BCUT2D eigenvalue weighted by molar-refractivity contribution is -0.112. The van der Waals surface area contributed by atoms with Crippen LogP contribution in [0.1, 0.15) is 44.9 Å². The second kappa shape index (κ2) is 5.61. The lowest BCUT2D eigenvalue weighted by Gasteiger charge is -1.96. The van der Waals surface area contributed by atoms with E-state index in [9.17, 15) is 4.79 Å². The van der Waals surface area contributed by atoms with E-state index in [2.05, 4.69) is 5.32 Å². The van der Waals surface area contributed by atoms with Gasteiger partial charge in [0, 0.05) is 25.9 Å². The molecule has 84 valence electrons. The van der Waals surface area contributed by atoms with E-state index in [1.807, 2.05) is 4.90 Å². The number of carbonyl (C=O) groups excluding carboxylic acids is 1. The number of nitrogens with zero attached hydrogens (tertiary/aromatic N) is 2. The summed E-state index contributed by atoms with van der Waals surface area (Å²) < 4.78 is 0. The van der Waals surface area contributed by atoms with Gasteiger partial charge in [0.2, 0.25) is 0 Å². The molecule has 1 amide bonds. The molecule has 0 spiro atoms. The first-order valence-corrected chi connectivity index (χ1v) is 6.33. The average molecular weight is 209 g/mol. The molecular weight excluding hydrogens is 188 g/mol. The highest BCUT2D eigenvalue weighted by atomic mass is 16.2. The number of amides is 1. The van der Waals surface area contributed by atoms with Crippen molar-refractivity contribution in [3.8, 4) is 0 Å². The van der Waals surface area contributed by atoms with E-state index in [1.54, 1.807) is 0 Å². The molecule has 3 aliphatic heterocycles. The van der Waals surface area contributed by atoms with Crippen LogP contribution in [0.4, 0.5) is 0 Å². The van der Waals surface area contributed by atoms with Crippen molar-refractivity contribution < 1.29 is 4.79 Å². The third-order valence-corrected chi connectivity index (χ3v) is 3.39. The zero-order valence-corrected chi connectivity index (χ0v) is 9.45. The van der Waals surface area contributed by atoms with Crippen molar-refractivity contribution in [3.63, 3.8) is 0 Å². The maximum Gasteiger partial charge on any atom is 0.425 e. The molecule has 2 radical (unpaired) electrons. The summed E-state index contributed by atoms with van der Waals surface area (Å²) >= 11 is 0. The smallest absolute Gasteiger partial charge is 0.242 e. The van der Waals surface area contributed by atoms with Crippen molar-refractivity contribution in [2.45, 2.75) is 51.0 Å². The minimum atomic E-state index is 0.365. The standard InChI is InChI=1S/C6H9NO.C6H12N/c8-6-5-3-1-2-4-7(5)6;1-2-4-6-7-5-3-1/h5H,1-4H2;1-6H2/q+1;. The fourth-order valence-electron chi connectivity index (χ4n) is 2.34. The van der Waals surface area contributed by atoms with Crippen LogP contribution in [0.15, 0.2) is 0 Å². The Labute approximate surface area is 92.2 Å². The Hall–Kier alpha value is -0.410. The molecule has 2 atom stereocenters. The highest BCUT2D eigenvalue weighted by Crippen LogP contribution is 2.26. The molecule has 0 aliphatic carbocycles. The van der Waals surface area contributed by atoms with Crippen molar-refractivity contribution >= 4 is 5.91 Å². The Kier molecular flexibility index (Phi) is 4.15. The van der Waals surface area contributed by atoms with Crippen LogP contribution in [0, 0.1) is 0 Å². The van der Waals surface area contributed by atoms with Crippen LogP contribution in [-0.4, -0.2) is 31.6 Å². The molecular formula is C12H21N2O+. The van der Waals surface area contributed by atoms with Gasteiger partial charge in [0.05, 0.1) is 0 Å². The summed E-state index contributed by atoms with van der Waals surface area (Å²) in [5.41, 5.74) is 0. The van der Waals surface area contributed by atoms with Gasteiger partial charge in [-0.3, -0.25) is 0 Å². The molecule has 3 rings (SSSR count). The molecule has 2 unspecified atom stereocenters. The zero-order chi connectivity index (χ0) is 10.5. The highest BCUT2D eigenvalue weighted by Gasteiger charge is 2.62. The molecule has 15 heavy (non-hydrogen) atoms. The van der Waals surface area contributed by atoms with Crippen LogP contribution in [0.2, 0.25) is 0 Å². The van der Waals surface area contributed by atoms with Gasteiger partial charge in [0.15, 0.2) is 0 Å². The molecule has 0 bridgehead atoms. The van der Waals surface area contributed by atoms with E-state index < -0.39 is 0 Å². The molecule has 0 N–H and O–H groups in total. The molecule has 3 saturated heterocycles. The van der Waals surface area contributed by atoms with Gasteiger partial charge in [-0.15, -0.1) is 0 Å². The van der Waals surface area contributed by atoms with Crippen LogP contribution in [-0.2, 0) is 4.79 Å². The number of hydrogen-bond acceptors (Lipinski definition) is 1. The first kappa shape index (κ1) is 11.1. The van der Waals surface area contributed by atoms with Gasteiger partial charge >= 0.3 is 5.91 Å². The minimum Gasteiger partial charge on any atom is -0.242 e. The Morgan fingerprint density at radius 2 is 1.73 bits per heavy atom. The molecule has 3 heteroatoms. The van der Waals surface area contributed by atoms with Gasteiger partial charge < -0.3 is 0 Å². The summed E-state index contributed by atoms with van der Waals surface area (Å²) in [6.45, 7) is 3.28. The predicted octanol–water partition coefficient (Wildman–Crippen LogP) is 1.38. The Bertz CT molecular complexity index is 184. The number of fused-ring (bicyclic) bond motifs is 1. The lowest BCUT2D eigenvalue weighted by Crippen LogP contribution is -2.14. The van der Waals surface area contributed by atoms with E-state index in [4.69, 9.17) is 0 Å². The Balaban J connectivity index is 0.000000115.